The molecule has 28 heavy (non-hydrogen) atoms. The standard InChI is InChI=1S/C18H32N6O4/c1-2-14(12-20-23-17(19)26)21-16(25)15(11-13-5-3-4-6-13)22-18(27)24-7-9-28-10-8-24/h12-15H,2-11H2,1H3,(H,21,25)(H,22,27)(H3,19,23,26)/b20-12-/t14-,15-/m0/s1. The van der Waals surface area contributed by atoms with Crippen molar-refractivity contribution in [2.45, 2.75) is 57.5 Å². The molecule has 1 heterocycles. The second kappa shape index (κ2) is 11.5. The largest absolute Gasteiger partial charge is 0.378 e. The maximum absolute atomic E-state index is 12.9. The molecule has 10 heteroatoms. The molecule has 0 aromatic carbocycles. The number of hydrogen-bond donors (Lipinski definition) is 4. The molecule has 1 aliphatic carbocycles. The van der Waals surface area contributed by atoms with E-state index in [0.29, 0.717) is 45.1 Å². The number of morpholine rings is 1. The average molecular weight is 396 g/mol. The van der Waals surface area contributed by atoms with Crippen LogP contribution in [0.15, 0.2) is 5.10 Å². The van der Waals surface area contributed by atoms with Crippen molar-refractivity contribution in [2.24, 2.45) is 16.8 Å². The molecule has 10 nitrogen and oxygen atoms in total. The monoisotopic (exact) mass is 396 g/mol. The fraction of sp³-hybridized carbons (Fsp3) is 0.778. The lowest BCUT2D eigenvalue weighted by molar-refractivity contribution is -0.123. The Balaban J connectivity index is 1.97. The van der Waals surface area contributed by atoms with Gasteiger partial charge in [-0.3, -0.25) is 4.79 Å². The maximum atomic E-state index is 12.9. The van der Waals surface area contributed by atoms with E-state index >= 15 is 0 Å². The van der Waals surface area contributed by atoms with Gasteiger partial charge in [-0.15, -0.1) is 0 Å². The Hall–Kier alpha value is -2.36. The van der Waals surface area contributed by atoms with Gasteiger partial charge in [-0.1, -0.05) is 32.6 Å². The zero-order valence-corrected chi connectivity index (χ0v) is 16.5. The summed E-state index contributed by atoms with van der Waals surface area (Å²) in [6.45, 7) is 3.95. The zero-order valence-electron chi connectivity index (χ0n) is 16.5. The Labute approximate surface area is 165 Å². The zero-order chi connectivity index (χ0) is 20.4. The minimum absolute atomic E-state index is 0.237. The summed E-state index contributed by atoms with van der Waals surface area (Å²) in [5.74, 6) is 0.192. The SMILES string of the molecule is CC[C@@H](/C=N\NC(N)=O)NC(=O)[C@H](CC1CCCC1)NC(=O)N1CCOCC1. The van der Waals surface area contributed by atoms with Gasteiger partial charge >= 0.3 is 12.1 Å². The molecule has 0 unspecified atom stereocenters. The van der Waals surface area contributed by atoms with Crippen LogP contribution in [0.3, 0.4) is 0 Å². The summed E-state index contributed by atoms with van der Waals surface area (Å²) in [4.78, 5) is 37.8. The van der Waals surface area contributed by atoms with Crippen LogP contribution in [0.2, 0.25) is 0 Å². The predicted molar refractivity (Wildman–Crippen MR) is 105 cm³/mol. The van der Waals surface area contributed by atoms with Crippen LogP contribution in [-0.2, 0) is 9.53 Å². The van der Waals surface area contributed by atoms with Crippen molar-refractivity contribution in [1.29, 1.82) is 0 Å². The number of nitrogens with one attached hydrogen (secondary N) is 3. The highest BCUT2D eigenvalue weighted by Crippen LogP contribution is 2.28. The molecule has 2 rings (SSSR count). The number of urea groups is 2. The normalized spacial score (nSPS) is 20.0. The van der Waals surface area contributed by atoms with Gasteiger partial charge in [0, 0.05) is 19.3 Å². The van der Waals surface area contributed by atoms with E-state index in [2.05, 4.69) is 21.2 Å². The van der Waals surface area contributed by atoms with E-state index in [1.165, 1.54) is 19.1 Å². The Morgan fingerprint density at radius 2 is 1.89 bits per heavy atom. The van der Waals surface area contributed by atoms with Crippen molar-refractivity contribution >= 4 is 24.2 Å². The van der Waals surface area contributed by atoms with Crippen LogP contribution in [0, 0.1) is 5.92 Å². The Kier molecular flexibility index (Phi) is 8.99. The molecule has 0 radical (unpaired) electrons. The Morgan fingerprint density at radius 3 is 2.50 bits per heavy atom. The van der Waals surface area contributed by atoms with Gasteiger partial charge < -0.3 is 26.0 Å². The van der Waals surface area contributed by atoms with E-state index < -0.39 is 12.1 Å². The van der Waals surface area contributed by atoms with Crippen LogP contribution in [0.4, 0.5) is 9.59 Å². The number of amides is 5. The highest BCUT2D eigenvalue weighted by Gasteiger charge is 2.29. The fourth-order valence-corrected chi connectivity index (χ4v) is 3.54. The average Bonchev–Trinajstić information content (AvgIpc) is 3.20. The van der Waals surface area contributed by atoms with Crippen molar-refractivity contribution in [3.05, 3.63) is 0 Å². The van der Waals surface area contributed by atoms with Crippen LogP contribution in [0.1, 0.15) is 45.4 Å². The van der Waals surface area contributed by atoms with Crippen molar-refractivity contribution in [1.82, 2.24) is 21.0 Å². The van der Waals surface area contributed by atoms with E-state index in [9.17, 15) is 14.4 Å². The third-order valence-corrected chi connectivity index (χ3v) is 5.15. The lowest BCUT2D eigenvalue weighted by Crippen LogP contribution is -2.55. The Morgan fingerprint density at radius 1 is 1.21 bits per heavy atom. The lowest BCUT2D eigenvalue weighted by Gasteiger charge is -2.30. The molecule has 1 saturated carbocycles. The third-order valence-electron chi connectivity index (χ3n) is 5.15. The topological polar surface area (TPSA) is 138 Å². The van der Waals surface area contributed by atoms with Crippen LogP contribution in [0.25, 0.3) is 0 Å². The highest BCUT2D eigenvalue weighted by molar-refractivity contribution is 5.89. The number of rotatable bonds is 8. The second-order valence-electron chi connectivity index (χ2n) is 7.27. The first kappa shape index (κ1) is 21.9. The van der Waals surface area contributed by atoms with E-state index in [1.54, 1.807) is 4.90 Å². The van der Waals surface area contributed by atoms with Crippen molar-refractivity contribution < 1.29 is 19.1 Å². The molecule has 1 saturated heterocycles. The first-order valence-electron chi connectivity index (χ1n) is 10.0. The molecular weight excluding hydrogens is 364 g/mol. The van der Waals surface area contributed by atoms with Crippen molar-refractivity contribution in [3.8, 4) is 0 Å². The number of nitrogens with two attached hydrogens (primary N) is 1. The molecule has 5 N–H and O–H groups in total. The van der Waals surface area contributed by atoms with Gasteiger partial charge in [-0.05, 0) is 18.8 Å². The molecule has 5 amide bonds. The third kappa shape index (κ3) is 7.34. The summed E-state index contributed by atoms with van der Waals surface area (Å²) >= 11 is 0. The summed E-state index contributed by atoms with van der Waals surface area (Å²) in [7, 11) is 0. The summed E-state index contributed by atoms with van der Waals surface area (Å²) in [6, 6.07) is -1.98. The van der Waals surface area contributed by atoms with Crippen LogP contribution < -0.4 is 21.8 Å². The summed E-state index contributed by atoms with van der Waals surface area (Å²) < 4.78 is 5.28. The number of ether oxygens (including phenoxy) is 1. The maximum Gasteiger partial charge on any atom is 0.332 e. The molecule has 2 fully saturated rings. The molecule has 0 spiro atoms. The van der Waals surface area contributed by atoms with Crippen LogP contribution >= 0.6 is 0 Å². The molecule has 2 aliphatic rings. The van der Waals surface area contributed by atoms with E-state index in [0.717, 1.165) is 12.8 Å². The number of nitrogens with zero attached hydrogens (tertiary/aromatic N) is 2. The lowest BCUT2D eigenvalue weighted by atomic mass is 9.97. The minimum Gasteiger partial charge on any atom is -0.378 e. The van der Waals surface area contributed by atoms with Gasteiger partial charge in [-0.25, -0.2) is 15.0 Å². The molecule has 0 aromatic rings. The van der Waals surface area contributed by atoms with Gasteiger partial charge in [0.1, 0.15) is 6.04 Å². The fourth-order valence-electron chi connectivity index (χ4n) is 3.54. The molecule has 2 atom stereocenters. The van der Waals surface area contributed by atoms with E-state index in [4.69, 9.17) is 10.5 Å². The van der Waals surface area contributed by atoms with Gasteiger partial charge in [0.2, 0.25) is 5.91 Å². The summed E-state index contributed by atoms with van der Waals surface area (Å²) in [5, 5.41) is 9.51. The van der Waals surface area contributed by atoms with Gasteiger partial charge in [0.15, 0.2) is 0 Å². The quantitative estimate of drug-likeness (QED) is 0.351. The predicted octanol–water partition coefficient (Wildman–Crippen LogP) is 0.526. The second-order valence-corrected chi connectivity index (χ2v) is 7.27. The summed E-state index contributed by atoms with van der Waals surface area (Å²) in [5.41, 5.74) is 7.09. The molecule has 0 aromatic heterocycles. The molecule has 158 valence electrons. The molecule has 1 aliphatic heterocycles. The van der Waals surface area contributed by atoms with Crippen molar-refractivity contribution in [3.63, 3.8) is 0 Å². The first-order valence-corrected chi connectivity index (χ1v) is 10.0. The smallest absolute Gasteiger partial charge is 0.332 e. The molecular formula is C18H32N6O4. The number of primary amides is 1. The van der Waals surface area contributed by atoms with E-state index in [1.807, 2.05) is 6.92 Å². The molecule has 0 bridgehead atoms. The van der Waals surface area contributed by atoms with Crippen LogP contribution in [0.5, 0.6) is 0 Å². The Bertz CT molecular complexity index is 558. The first-order chi connectivity index (χ1) is 13.5. The summed E-state index contributed by atoms with van der Waals surface area (Å²) in [6.07, 6.45) is 7.13. The minimum atomic E-state index is -0.769. The number of hydrazone groups is 1. The highest BCUT2D eigenvalue weighted by atomic mass is 16.5. The van der Waals surface area contributed by atoms with Gasteiger partial charge in [-0.2, -0.15) is 5.10 Å². The van der Waals surface area contributed by atoms with Crippen LogP contribution in [-0.4, -0.2) is 67.5 Å². The van der Waals surface area contributed by atoms with Crippen molar-refractivity contribution in [2.75, 3.05) is 26.3 Å². The number of carbonyl (C=O) groups excluding carboxylic acids is 3. The van der Waals surface area contributed by atoms with Gasteiger partial charge in [0.05, 0.1) is 19.3 Å². The van der Waals surface area contributed by atoms with Gasteiger partial charge in [0.25, 0.3) is 0 Å². The number of hydrogen-bond acceptors (Lipinski definition) is 5. The number of carbonyl (C=O) groups is 3. The van der Waals surface area contributed by atoms with E-state index in [-0.39, 0.29) is 18.0 Å².